The third-order valence-electron chi connectivity index (χ3n) is 1.24. The highest BCUT2D eigenvalue weighted by atomic mass is 16.7. The molecule has 1 aliphatic heterocycles. The quantitative estimate of drug-likeness (QED) is 0.357. The van der Waals surface area contributed by atoms with E-state index in [1.54, 1.807) is 0 Å². The Morgan fingerprint density at radius 3 is 2.86 bits per heavy atom. The van der Waals surface area contributed by atoms with Gasteiger partial charge in [-0.25, -0.2) is 9.59 Å². The van der Waals surface area contributed by atoms with Crippen LogP contribution in [0.5, 0.6) is 0 Å². The molecule has 1 N–H and O–H groups in total. The Kier molecular flexibility index (Phi) is 3.14. The van der Waals surface area contributed by atoms with Gasteiger partial charge < -0.3 is 14.6 Å². The summed E-state index contributed by atoms with van der Waals surface area (Å²) in [5, 5.41) is 8.77. The van der Waals surface area contributed by atoms with Crippen molar-refractivity contribution in [3.05, 3.63) is 24.0 Å². The summed E-state index contributed by atoms with van der Waals surface area (Å²) in [5.74, 6) is -2.21. The van der Waals surface area contributed by atoms with E-state index in [0.717, 1.165) is 18.2 Å². The van der Waals surface area contributed by atoms with E-state index in [1.807, 2.05) is 0 Å². The normalized spacial score (nSPS) is 20.5. The van der Waals surface area contributed by atoms with Gasteiger partial charge in [0, 0.05) is 12.2 Å². The number of allylic oxidation sites excluding steroid dienone is 1. The third-order valence-corrected chi connectivity index (χ3v) is 1.24. The van der Waals surface area contributed by atoms with Crippen molar-refractivity contribution in [1.29, 1.82) is 0 Å². The number of ether oxygens (including phenoxy) is 2. The zero-order chi connectivity index (χ0) is 10.6. The van der Waals surface area contributed by atoms with Crippen molar-refractivity contribution >= 4 is 18.2 Å². The lowest BCUT2D eigenvalue weighted by atomic mass is 10.4. The van der Waals surface area contributed by atoms with E-state index < -0.39 is 24.0 Å². The lowest BCUT2D eigenvalue weighted by molar-refractivity contribution is -0.156. The fourth-order valence-corrected chi connectivity index (χ4v) is 0.735. The number of cyclic esters (lactones) is 1. The van der Waals surface area contributed by atoms with E-state index in [9.17, 15) is 14.4 Å². The molecule has 0 aromatic heterocycles. The van der Waals surface area contributed by atoms with Gasteiger partial charge in [-0.05, 0) is 6.08 Å². The van der Waals surface area contributed by atoms with Gasteiger partial charge in [0.15, 0.2) is 0 Å². The molecule has 0 aliphatic carbocycles. The maximum absolute atomic E-state index is 10.8. The SMILES string of the molecule is O=C/C=C\C(=O)OC1=CC(O)OC1=O. The smallest absolute Gasteiger partial charge is 0.376 e. The molecule has 0 aromatic carbocycles. The molecule has 1 rings (SSSR count). The van der Waals surface area contributed by atoms with Crippen molar-refractivity contribution < 1.29 is 29.0 Å². The van der Waals surface area contributed by atoms with Gasteiger partial charge in [0.05, 0.1) is 0 Å². The molecule has 0 radical (unpaired) electrons. The minimum Gasteiger partial charge on any atom is -0.426 e. The van der Waals surface area contributed by atoms with Crippen molar-refractivity contribution in [3.63, 3.8) is 0 Å². The second-order valence-corrected chi connectivity index (χ2v) is 2.24. The summed E-state index contributed by atoms with van der Waals surface area (Å²) in [4.78, 5) is 31.4. The second kappa shape index (κ2) is 4.33. The van der Waals surface area contributed by atoms with Crippen LogP contribution in [0.15, 0.2) is 24.0 Å². The first-order chi connectivity index (χ1) is 6.63. The van der Waals surface area contributed by atoms with E-state index in [2.05, 4.69) is 9.47 Å². The highest BCUT2D eigenvalue weighted by Crippen LogP contribution is 2.12. The molecule has 1 heterocycles. The largest absolute Gasteiger partial charge is 0.426 e. The monoisotopic (exact) mass is 198 g/mol. The molecule has 0 bridgehead atoms. The van der Waals surface area contributed by atoms with E-state index >= 15 is 0 Å². The number of aliphatic hydroxyl groups excluding tert-OH is 1. The molecule has 14 heavy (non-hydrogen) atoms. The average Bonchev–Trinajstić information content (AvgIpc) is 2.42. The summed E-state index contributed by atoms with van der Waals surface area (Å²) in [6.07, 6.45) is 1.69. The highest BCUT2D eigenvalue weighted by Gasteiger charge is 2.26. The molecule has 6 nitrogen and oxygen atoms in total. The van der Waals surface area contributed by atoms with Crippen LogP contribution in [0.3, 0.4) is 0 Å². The van der Waals surface area contributed by atoms with Crippen molar-refractivity contribution in [3.8, 4) is 0 Å². The number of carbonyl (C=O) groups excluding carboxylic acids is 3. The molecule has 0 fully saturated rings. The molecule has 0 saturated heterocycles. The van der Waals surface area contributed by atoms with Gasteiger partial charge in [-0.15, -0.1) is 0 Å². The van der Waals surface area contributed by atoms with Gasteiger partial charge in [-0.3, -0.25) is 4.79 Å². The maximum Gasteiger partial charge on any atom is 0.376 e. The number of rotatable bonds is 3. The molecule has 0 saturated carbocycles. The van der Waals surface area contributed by atoms with Crippen LogP contribution in [0.25, 0.3) is 0 Å². The fourth-order valence-electron chi connectivity index (χ4n) is 0.735. The van der Waals surface area contributed by atoms with Crippen LogP contribution in [-0.4, -0.2) is 29.6 Å². The van der Waals surface area contributed by atoms with Gasteiger partial charge in [-0.2, -0.15) is 0 Å². The predicted octanol–water partition coefficient (Wildman–Crippen LogP) is -0.956. The van der Waals surface area contributed by atoms with Crippen LogP contribution in [-0.2, 0) is 23.9 Å². The Bertz CT molecular complexity index is 327. The lowest BCUT2D eigenvalue weighted by Gasteiger charge is -1.98. The molecule has 0 aromatic rings. The average molecular weight is 198 g/mol. The minimum absolute atomic E-state index is 0.386. The first kappa shape index (κ1) is 10.1. The second-order valence-electron chi connectivity index (χ2n) is 2.24. The zero-order valence-corrected chi connectivity index (χ0v) is 6.88. The summed E-state index contributed by atoms with van der Waals surface area (Å²) in [7, 11) is 0. The number of aldehydes is 1. The topological polar surface area (TPSA) is 89.9 Å². The highest BCUT2D eigenvalue weighted by molar-refractivity contribution is 5.94. The molecule has 0 amide bonds. The first-order valence-electron chi connectivity index (χ1n) is 3.58. The van der Waals surface area contributed by atoms with Gasteiger partial charge in [-0.1, -0.05) is 0 Å². The van der Waals surface area contributed by atoms with Crippen LogP contribution < -0.4 is 0 Å². The lowest BCUT2D eigenvalue weighted by Crippen LogP contribution is -2.09. The van der Waals surface area contributed by atoms with Gasteiger partial charge in [0.2, 0.25) is 12.0 Å². The van der Waals surface area contributed by atoms with Gasteiger partial charge in [0.1, 0.15) is 6.29 Å². The van der Waals surface area contributed by atoms with E-state index in [1.165, 1.54) is 0 Å². The predicted molar refractivity (Wildman–Crippen MR) is 41.5 cm³/mol. The summed E-state index contributed by atoms with van der Waals surface area (Å²) < 4.78 is 8.67. The molecular weight excluding hydrogens is 192 g/mol. The van der Waals surface area contributed by atoms with Gasteiger partial charge >= 0.3 is 11.9 Å². The summed E-state index contributed by atoms with van der Waals surface area (Å²) >= 11 is 0. The zero-order valence-electron chi connectivity index (χ0n) is 6.88. The van der Waals surface area contributed by atoms with Crippen LogP contribution in [0, 0.1) is 0 Å². The van der Waals surface area contributed by atoms with Crippen LogP contribution >= 0.6 is 0 Å². The molecular formula is C8H6O6. The minimum atomic E-state index is -1.39. The van der Waals surface area contributed by atoms with Crippen LogP contribution in [0.4, 0.5) is 0 Å². The van der Waals surface area contributed by atoms with Gasteiger partial charge in [0.25, 0.3) is 0 Å². The number of hydrogen-bond donors (Lipinski definition) is 1. The number of carbonyl (C=O) groups is 3. The Morgan fingerprint density at radius 1 is 1.64 bits per heavy atom. The number of hydrogen-bond acceptors (Lipinski definition) is 6. The Hall–Kier alpha value is -1.95. The van der Waals surface area contributed by atoms with Crippen LogP contribution in [0.1, 0.15) is 0 Å². The maximum atomic E-state index is 10.8. The standard InChI is InChI=1S/C8H6O6/c9-3-1-2-6(10)13-5-4-7(11)14-8(5)12/h1-4,7,11H/b2-1-. The van der Waals surface area contributed by atoms with E-state index in [-0.39, 0.29) is 0 Å². The summed E-state index contributed by atoms with van der Waals surface area (Å²) in [6.45, 7) is 0. The van der Waals surface area contributed by atoms with Crippen LogP contribution in [0.2, 0.25) is 0 Å². The van der Waals surface area contributed by atoms with E-state index in [4.69, 9.17) is 5.11 Å². The Labute approximate surface area is 78.4 Å². The number of esters is 2. The Morgan fingerprint density at radius 2 is 2.36 bits per heavy atom. The van der Waals surface area contributed by atoms with Crippen molar-refractivity contribution in [2.24, 2.45) is 0 Å². The molecule has 1 atom stereocenters. The molecule has 74 valence electrons. The van der Waals surface area contributed by atoms with Crippen molar-refractivity contribution in [2.75, 3.05) is 0 Å². The third kappa shape index (κ3) is 2.53. The van der Waals surface area contributed by atoms with E-state index in [0.29, 0.717) is 6.29 Å². The van der Waals surface area contributed by atoms with Crippen molar-refractivity contribution in [2.45, 2.75) is 6.29 Å². The fraction of sp³-hybridized carbons (Fsp3) is 0.125. The summed E-state index contributed by atoms with van der Waals surface area (Å²) in [6, 6.07) is 0. The summed E-state index contributed by atoms with van der Waals surface area (Å²) in [5.41, 5.74) is 0. The first-order valence-corrected chi connectivity index (χ1v) is 3.58. The van der Waals surface area contributed by atoms with Crippen molar-refractivity contribution in [1.82, 2.24) is 0 Å². The number of aliphatic hydroxyl groups is 1. The Balaban J connectivity index is 2.56. The molecule has 1 unspecified atom stereocenters. The molecule has 6 heteroatoms. The molecule has 1 aliphatic rings. The molecule has 0 spiro atoms.